The van der Waals surface area contributed by atoms with Gasteiger partial charge in [-0.05, 0) is 31.9 Å². The summed E-state index contributed by atoms with van der Waals surface area (Å²) in [5.74, 6) is 1.05. The lowest BCUT2D eigenvalue weighted by Gasteiger charge is -2.16. The molecular formula is C14H22N2O4S. The minimum atomic E-state index is -3.43. The summed E-state index contributed by atoms with van der Waals surface area (Å²) in [7, 11) is -0.387. The zero-order valence-corrected chi connectivity index (χ0v) is 13.4. The fourth-order valence-electron chi connectivity index (χ4n) is 1.89. The lowest BCUT2D eigenvalue weighted by Crippen LogP contribution is -2.35. The first-order valence-electron chi connectivity index (χ1n) is 6.93. The molecule has 1 aromatic rings. The summed E-state index contributed by atoms with van der Waals surface area (Å²) < 4.78 is 37.4. The van der Waals surface area contributed by atoms with E-state index in [1.807, 2.05) is 0 Å². The van der Waals surface area contributed by atoms with E-state index in [0.717, 1.165) is 12.8 Å². The van der Waals surface area contributed by atoms with E-state index in [9.17, 15) is 8.42 Å². The molecule has 1 aliphatic rings. The summed E-state index contributed by atoms with van der Waals surface area (Å²) in [6.45, 7) is 2.14. The predicted octanol–water partition coefficient (Wildman–Crippen LogP) is 1.59. The van der Waals surface area contributed by atoms with Crippen LogP contribution in [0.2, 0.25) is 0 Å². The van der Waals surface area contributed by atoms with Crippen molar-refractivity contribution in [2.75, 3.05) is 25.5 Å². The highest BCUT2D eigenvalue weighted by molar-refractivity contribution is 7.93. The number of anilines is 1. The van der Waals surface area contributed by atoms with E-state index in [2.05, 4.69) is 10.0 Å². The number of ether oxygens (including phenoxy) is 2. The third-order valence-electron chi connectivity index (χ3n) is 3.44. The zero-order valence-electron chi connectivity index (χ0n) is 12.5. The van der Waals surface area contributed by atoms with Crippen LogP contribution in [0.5, 0.6) is 11.5 Å². The minimum absolute atomic E-state index is 0.452. The van der Waals surface area contributed by atoms with E-state index in [-0.39, 0.29) is 0 Å². The van der Waals surface area contributed by atoms with E-state index in [1.54, 1.807) is 25.1 Å². The van der Waals surface area contributed by atoms with E-state index in [1.165, 1.54) is 14.2 Å². The van der Waals surface area contributed by atoms with Gasteiger partial charge in [0.15, 0.2) is 11.5 Å². The molecule has 1 atom stereocenters. The zero-order chi connectivity index (χ0) is 15.5. The molecular weight excluding hydrogens is 292 g/mol. The number of nitrogens with one attached hydrogen (secondary N) is 2. The van der Waals surface area contributed by atoms with Crippen molar-refractivity contribution in [2.24, 2.45) is 0 Å². The van der Waals surface area contributed by atoms with Crippen molar-refractivity contribution in [3.05, 3.63) is 18.2 Å². The average molecular weight is 314 g/mol. The molecule has 1 aromatic carbocycles. The topological polar surface area (TPSA) is 76.7 Å². The fraction of sp³-hybridized carbons (Fsp3) is 0.571. The van der Waals surface area contributed by atoms with Crippen LogP contribution in [0.15, 0.2) is 18.2 Å². The number of hydrogen-bond acceptors (Lipinski definition) is 5. The standard InChI is InChI=1S/C14H22N2O4S/c1-10(9-15-11-4-5-11)21(17,18)16-12-6-7-13(19-2)14(8-12)20-3/h6-8,10-11,15-16H,4-5,9H2,1-3H3. The number of methoxy groups -OCH3 is 2. The number of rotatable bonds is 8. The van der Waals surface area contributed by atoms with Gasteiger partial charge >= 0.3 is 0 Å². The van der Waals surface area contributed by atoms with Gasteiger partial charge in [-0.2, -0.15) is 0 Å². The summed E-state index contributed by atoms with van der Waals surface area (Å²) in [5, 5.41) is 2.72. The van der Waals surface area contributed by atoms with Crippen LogP contribution in [0, 0.1) is 0 Å². The predicted molar refractivity (Wildman–Crippen MR) is 82.6 cm³/mol. The van der Waals surface area contributed by atoms with Crippen LogP contribution in [0.4, 0.5) is 5.69 Å². The van der Waals surface area contributed by atoms with Crippen LogP contribution in [-0.2, 0) is 10.0 Å². The molecule has 6 nitrogen and oxygen atoms in total. The second-order valence-corrected chi connectivity index (χ2v) is 7.31. The molecule has 7 heteroatoms. The smallest absolute Gasteiger partial charge is 0.236 e. The van der Waals surface area contributed by atoms with E-state index >= 15 is 0 Å². The third kappa shape index (κ3) is 4.25. The van der Waals surface area contributed by atoms with Crippen molar-refractivity contribution in [3.8, 4) is 11.5 Å². The Morgan fingerprint density at radius 1 is 1.24 bits per heavy atom. The van der Waals surface area contributed by atoms with Crippen LogP contribution in [0.25, 0.3) is 0 Å². The molecule has 0 radical (unpaired) electrons. The molecule has 21 heavy (non-hydrogen) atoms. The van der Waals surface area contributed by atoms with Gasteiger partial charge in [0.05, 0.1) is 25.2 Å². The Morgan fingerprint density at radius 2 is 1.90 bits per heavy atom. The molecule has 2 N–H and O–H groups in total. The SMILES string of the molecule is COc1ccc(NS(=O)(=O)C(C)CNC2CC2)cc1OC. The summed E-state index contributed by atoms with van der Waals surface area (Å²) >= 11 is 0. The monoisotopic (exact) mass is 314 g/mol. The van der Waals surface area contributed by atoms with Gasteiger partial charge in [0, 0.05) is 18.7 Å². The van der Waals surface area contributed by atoms with Gasteiger partial charge in [-0.3, -0.25) is 4.72 Å². The van der Waals surface area contributed by atoms with Crippen molar-refractivity contribution in [1.29, 1.82) is 0 Å². The first-order chi connectivity index (χ1) is 9.96. The highest BCUT2D eigenvalue weighted by atomic mass is 32.2. The first kappa shape index (κ1) is 15.9. The normalized spacial score (nSPS) is 16.3. The van der Waals surface area contributed by atoms with Crippen LogP contribution in [0.1, 0.15) is 19.8 Å². The Hall–Kier alpha value is -1.47. The van der Waals surface area contributed by atoms with E-state index in [0.29, 0.717) is 29.8 Å². The molecule has 0 amide bonds. The molecule has 1 unspecified atom stereocenters. The van der Waals surface area contributed by atoms with Gasteiger partial charge in [0.1, 0.15) is 0 Å². The van der Waals surface area contributed by atoms with Gasteiger partial charge in [0.25, 0.3) is 0 Å². The third-order valence-corrected chi connectivity index (χ3v) is 5.19. The van der Waals surface area contributed by atoms with Gasteiger partial charge in [-0.25, -0.2) is 8.42 Å². The number of sulfonamides is 1. The molecule has 1 fully saturated rings. The quantitative estimate of drug-likeness (QED) is 0.762. The van der Waals surface area contributed by atoms with Crippen molar-refractivity contribution in [1.82, 2.24) is 5.32 Å². The number of benzene rings is 1. The molecule has 1 saturated carbocycles. The van der Waals surface area contributed by atoms with Crippen LogP contribution < -0.4 is 19.5 Å². The molecule has 0 saturated heterocycles. The molecule has 0 bridgehead atoms. The summed E-state index contributed by atoms with van der Waals surface area (Å²) in [6.07, 6.45) is 2.27. The molecule has 0 heterocycles. The summed E-state index contributed by atoms with van der Waals surface area (Å²) in [5.41, 5.74) is 0.464. The van der Waals surface area contributed by atoms with Crippen LogP contribution in [0.3, 0.4) is 0 Å². The summed E-state index contributed by atoms with van der Waals surface area (Å²) in [6, 6.07) is 5.42. The number of hydrogen-bond donors (Lipinski definition) is 2. The van der Waals surface area contributed by atoms with Crippen molar-refractivity contribution < 1.29 is 17.9 Å². The first-order valence-corrected chi connectivity index (χ1v) is 8.48. The van der Waals surface area contributed by atoms with E-state index in [4.69, 9.17) is 9.47 Å². The maximum atomic E-state index is 12.3. The molecule has 118 valence electrons. The highest BCUT2D eigenvalue weighted by Crippen LogP contribution is 2.30. The van der Waals surface area contributed by atoms with Crippen molar-refractivity contribution in [3.63, 3.8) is 0 Å². The Labute approximate surface area is 125 Å². The Balaban J connectivity index is 2.04. The fourth-order valence-corrected chi connectivity index (χ4v) is 2.87. The van der Waals surface area contributed by atoms with Crippen molar-refractivity contribution >= 4 is 15.7 Å². The van der Waals surface area contributed by atoms with Crippen LogP contribution >= 0.6 is 0 Å². The lowest BCUT2D eigenvalue weighted by molar-refractivity contribution is 0.355. The van der Waals surface area contributed by atoms with Gasteiger partial charge in [-0.15, -0.1) is 0 Å². The average Bonchev–Trinajstić information content (AvgIpc) is 3.28. The second kappa shape index (κ2) is 6.53. The molecule has 0 aromatic heterocycles. The van der Waals surface area contributed by atoms with Crippen molar-refractivity contribution in [2.45, 2.75) is 31.1 Å². The highest BCUT2D eigenvalue weighted by Gasteiger charge is 2.26. The van der Waals surface area contributed by atoms with Crippen LogP contribution in [-0.4, -0.2) is 40.5 Å². The maximum absolute atomic E-state index is 12.3. The van der Waals surface area contributed by atoms with E-state index < -0.39 is 15.3 Å². The largest absolute Gasteiger partial charge is 0.493 e. The Kier molecular flexibility index (Phi) is 4.95. The minimum Gasteiger partial charge on any atom is -0.493 e. The maximum Gasteiger partial charge on any atom is 0.236 e. The van der Waals surface area contributed by atoms with Gasteiger partial charge in [0.2, 0.25) is 10.0 Å². The second-order valence-electron chi connectivity index (χ2n) is 5.21. The van der Waals surface area contributed by atoms with Gasteiger partial charge in [-0.1, -0.05) is 0 Å². The summed E-state index contributed by atoms with van der Waals surface area (Å²) in [4.78, 5) is 0. The molecule has 0 spiro atoms. The Morgan fingerprint density at radius 3 is 2.48 bits per heavy atom. The molecule has 2 rings (SSSR count). The van der Waals surface area contributed by atoms with Gasteiger partial charge < -0.3 is 14.8 Å². The molecule has 0 aliphatic heterocycles. The molecule has 1 aliphatic carbocycles. The Bertz CT molecular complexity index is 585. The lowest BCUT2D eigenvalue weighted by atomic mass is 10.3.